The lowest BCUT2D eigenvalue weighted by molar-refractivity contribution is 0.415. The van der Waals surface area contributed by atoms with Gasteiger partial charge in [0.05, 0.1) is 12.6 Å². The molecule has 0 radical (unpaired) electrons. The fourth-order valence-corrected chi connectivity index (χ4v) is 1.60. The zero-order valence-corrected chi connectivity index (χ0v) is 9.11. The number of pyridine rings is 1. The molecule has 0 saturated heterocycles. The van der Waals surface area contributed by atoms with E-state index in [9.17, 15) is 0 Å². The van der Waals surface area contributed by atoms with Crippen molar-refractivity contribution in [3.63, 3.8) is 0 Å². The van der Waals surface area contributed by atoms with E-state index in [0.29, 0.717) is 5.69 Å². The monoisotopic (exact) mass is 213 g/mol. The van der Waals surface area contributed by atoms with Crippen LogP contribution in [-0.4, -0.2) is 19.1 Å². The van der Waals surface area contributed by atoms with Crippen molar-refractivity contribution in [3.05, 3.63) is 30.0 Å². The van der Waals surface area contributed by atoms with Crippen molar-refractivity contribution in [1.82, 2.24) is 4.98 Å². The van der Waals surface area contributed by atoms with Crippen molar-refractivity contribution in [2.75, 3.05) is 19.5 Å². The van der Waals surface area contributed by atoms with Crippen LogP contribution in [0.5, 0.6) is 5.75 Å². The number of ether oxygens (including phenoxy) is 1. The molecule has 1 heterocycles. The average molecular weight is 213 g/mol. The summed E-state index contributed by atoms with van der Waals surface area (Å²) in [5.41, 5.74) is 2.04. The normalized spacial score (nSPS) is 9.81. The van der Waals surface area contributed by atoms with Crippen LogP contribution in [-0.2, 0) is 0 Å². The fourth-order valence-electron chi connectivity index (χ4n) is 1.60. The molecule has 1 N–H and O–H groups in total. The predicted octanol–water partition coefficient (Wildman–Crippen LogP) is 2.16. The summed E-state index contributed by atoms with van der Waals surface area (Å²) in [6.45, 7) is 0. The zero-order valence-electron chi connectivity index (χ0n) is 9.11. The van der Waals surface area contributed by atoms with E-state index >= 15 is 0 Å². The van der Waals surface area contributed by atoms with Gasteiger partial charge in [0, 0.05) is 24.2 Å². The standard InChI is InChI=1S/C12H11N3O/c1-14-11-5-8(7-13)15-12-6-9(16-2)3-4-10(11)12/h3-6H,1-2H3,(H,14,15). The second kappa shape index (κ2) is 4.07. The Balaban J connectivity index is 2.75. The van der Waals surface area contributed by atoms with Gasteiger partial charge in [-0.15, -0.1) is 0 Å². The predicted molar refractivity (Wildman–Crippen MR) is 62.6 cm³/mol. The molecule has 0 unspecified atom stereocenters. The van der Waals surface area contributed by atoms with Crippen molar-refractivity contribution in [3.8, 4) is 11.8 Å². The number of nitrogens with zero attached hydrogens (tertiary/aromatic N) is 2. The van der Waals surface area contributed by atoms with E-state index in [1.807, 2.05) is 31.3 Å². The third kappa shape index (κ3) is 1.63. The lowest BCUT2D eigenvalue weighted by Gasteiger charge is -2.07. The first-order valence-corrected chi connectivity index (χ1v) is 4.85. The van der Waals surface area contributed by atoms with Gasteiger partial charge in [-0.3, -0.25) is 0 Å². The number of benzene rings is 1. The Morgan fingerprint density at radius 2 is 2.19 bits per heavy atom. The molecule has 4 nitrogen and oxygen atoms in total. The highest BCUT2D eigenvalue weighted by Gasteiger charge is 2.05. The number of fused-ring (bicyclic) bond motifs is 1. The maximum Gasteiger partial charge on any atom is 0.143 e. The summed E-state index contributed by atoms with van der Waals surface area (Å²) in [5, 5.41) is 12.9. The van der Waals surface area contributed by atoms with Crippen molar-refractivity contribution < 1.29 is 4.74 Å². The van der Waals surface area contributed by atoms with Gasteiger partial charge in [-0.25, -0.2) is 4.98 Å². The molecule has 0 fully saturated rings. The topological polar surface area (TPSA) is 57.9 Å². The lowest BCUT2D eigenvalue weighted by atomic mass is 10.1. The van der Waals surface area contributed by atoms with Gasteiger partial charge in [-0.05, 0) is 18.2 Å². The second-order valence-corrected chi connectivity index (χ2v) is 3.30. The van der Waals surface area contributed by atoms with Crippen LogP contribution in [0.2, 0.25) is 0 Å². The molecule has 0 aliphatic heterocycles. The number of rotatable bonds is 2. The minimum absolute atomic E-state index is 0.394. The van der Waals surface area contributed by atoms with Crippen LogP contribution in [0.15, 0.2) is 24.3 Å². The molecule has 0 aliphatic rings. The molecular weight excluding hydrogens is 202 g/mol. The van der Waals surface area contributed by atoms with Crippen LogP contribution in [0, 0.1) is 11.3 Å². The van der Waals surface area contributed by atoms with E-state index in [-0.39, 0.29) is 0 Å². The van der Waals surface area contributed by atoms with E-state index < -0.39 is 0 Å². The van der Waals surface area contributed by atoms with Gasteiger partial charge >= 0.3 is 0 Å². The summed E-state index contributed by atoms with van der Waals surface area (Å²) in [6, 6.07) is 9.38. The minimum Gasteiger partial charge on any atom is -0.497 e. The van der Waals surface area contributed by atoms with E-state index in [2.05, 4.69) is 10.3 Å². The van der Waals surface area contributed by atoms with Gasteiger partial charge in [-0.2, -0.15) is 5.26 Å². The second-order valence-electron chi connectivity index (χ2n) is 3.30. The molecule has 1 aromatic carbocycles. The summed E-state index contributed by atoms with van der Waals surface area (Å²) >= 11 is 0. The first kappa shape index (κ1) is 10.2. The highest BCUT2D eigenvalue weighted by molar-refractivity contribution is 5.92. The fraction of sp³-hybridized carbons (Fsp3) is 0.167. The molecule has 0 aliphatic carbocycles. The molecule has 80 valence electrons. The van der Waals surface area contributed by atoms with Gasteiger partial charge in [0.15, 0.2) is 0 Å². The molecule has 0 saturated carbocycles. The first-order valence-electron chi connectivity index (χ1n) is 4.85. The molecule has 0 amide bonds. The summed E-state index contributed by atoms with van der Waals surface area (Å²) in [5.74, 6) is 0.733. The van der Waals surface area contributed by atoms with Crippen LogP contribution in [0.4, 0.5) is 5.69 Å². The van der Waals surface area contributed by atoms with Gasteiger partial charge < -0.3 is 10.1 Å². The number of nitrogens with one attached hydrogen (secondary N) is 1. The Hall–Kier alpha value is -2.28. The van der Waals surface area contributed by atoms with Crippen LogP contribution >= 0.6 is 0 Å². The summed E-state index contributed by atoms with van der Waals surface area (Å²) in [6.07, 6.45) is 0. The van der Waals surface area contributed by atoms with Crippen LogP contribution in [0.1, 0.15) is 5.69 Å². The summed E-state index contributed by atoms with van der Waals surface area (Å²) < 4.78 is 5.13. The Labute approximate surface area is 93.5 Å². The van der Waals surface area contributed by atoms with Crippen LogP contribution in [0.3, 0.4) is 0 Å². The smallest absolute Gasteiger partial charge is 0.143 e. The number of aromatic nitrogens is 1. The molecule has 2 aromatic rings. The molecule has 0 spiro atoms. The van der Waals surface area contributed by atoms with Crippen molar-refractivity contribution >= 4 is 16.6 Å². The number of hydrogen-bond donors (Lipinski definition) is 1. The molecule has 0 bridgehead atoms. The maximum absolute atomic E-state index is 8.87. The quantitative estimate of drug-likeness (QED) is 0.830. The number of hydrogen-bond acceptors (Lipinski definition) is 4. The third-order valence-electron chi connectivity index (χ3n) is 2.40. The van der Waals surface area contributed by atoms with Gasteiger partial charge in [0.1, 0.15) is 17.5 Å². The van der Waals surface area contributed by atoms with E-state index in [1.54, 1.807) is 13.2 Å². The molecule has 0 atom stereocenters. The number of nitriles is 1. The highest BCUT2D eigenvalue weighted by atomic mass is 16.5. The summed E-state index contributed by atoms with van der Waals surface area (Å²) in [7, 11) is 3.43. The van der Waals surface area contributed by atoms with Gasteiger partial charge in [0.2, 0.25) is 0 Å². The average Bonchev–Trinajstić information content (AvgIpc) is 2.36. The van der Waals surface area contributed by atoms with Crippen molar-refractivity contribution in [1.29, 1.82) is 5.26 Å². The molecule has 2 rings (SSSR count). The number of anilines is 1. The zero-order chi connectivity index (χ0) is 11.5. The van der Waals surface area contributed by atoms with Gasteiger partial charge in [-0.1, -0.05) is 0 Å². The van der Waals surface area contributed by atoms with E-state index in [1.165, 1.54) is 0 Å². The third-order valence-corrected chi connectivity index (χ3v) is 2.40. The summed E-state index contributed by atoms with van der Waals surface area (Å²) in [4.78, 5) is 4.23. The largest absolute Gasteiger partial charge is 0.497 e. The van der Waals surface area contributed by atoms with Crippen molar-refractivity contribution in [2.24, 2.45) is 0 Å². The number of methoxy groups -OCH3 is 1. The Kier molecular flexibility index (Phi) is 2.61. The minimum atomic E-state index is 0.394. The maximum atomic E-state index is 8.87. The lowest BCUT2D eigenvalue weighted by Crippen LogP contribution is -1.94. The Bertz CT molecular complexity index is 572. The molecular formula is C12H11N3O. The van der Waals surface area contributed by atoms with Crippen LogP contribution in [0.25, 0.3) is 10.9 Å². The highest BCUT2D eigenvalue weighted by Crippen LogP contribution is 2.26. The van der Waals surface area contributed by atoms with E-state index in [4.69, 9.17) is 10.00 Å². The van der Waals surface area contributed by atoms with Crippen LogP contribution < -0.4 is 10.1 Å². The van der Waals surface area contributed by atoms with E-state index in [0.717, 1.165) is 22.3 Å². The Morgan fingerprint density at radius 1 is 1.38 bits per heavy atom. The van der Waals surface area contributed by atoms with Crippen molar-refractivity contribution in [2.45, 2.75) is 0 Å². The first-order chi connectivity index (χ1) is 7.78. The Morgan fingerprint density at radius 3 is 2.81 bits per heavy atom. The molecule has 16 heavy (non-hydrogen) atoms. The van der Waals surface area contributed by atoms with Gasteiger partial charge in [0.25, 0.3) is 0 Å². The molecule has 4 heteroatoms. The molecule has 1 aromatic heterocycles. The SMILES string of the molecule is CNc1cc(C#N)nc2cc(OC)ccc12.